The summed E-state index contributed by atoms with van der Waals surface area (Å²) in [6, 6.07) is 16.5. The first-order chi connectivity index (χ1) is 10.2. The summed E-state index contributed by atoms with van der Waals surface area (Å²) in [5.41, 5.74) is 2.55. The Bertz CT molecular complexity index is 554. The Morgan fingerprint density at radius 1 is 0.952 bits per heavy atom. The lowest BCUT2D eigenvalue weighted by atomic mass is 10.0. The summed E-state index contributed by atoms with van der Waals surface area (Å²) in [5.74, 6) is 1.96. The average molecular weight is 285 g/mol. The van der Waals surface area contributed by atoms with Crippen LogP contribution >= 0.6 is 0 Å². The molecule has 3 nitrogen and oxygen atoms in total. The van der Waals surface area contributed by atoms with Crippen molar-refractivity contribution in [1.29, 1.82) is 0 Å². The molecule has 0 spiro atoms. The molecule has 0 aliphatic heterocycles. The Hall–Kier alpha value is -2.00. The van der Waals surface area contributed by atoms with Crippen molar-refractivity contribution in [3.8, 4) is 11.5 Å². The molecule has 0 aromatic heterocycles. The summed E-state index contributed by atoms with van der Waals surface area (Å²) in [4.78, 5) is 0. The third kappa shape index (κ3) is 4.23. The van der Waals surface area contributed by atoms with Crippen LogP contribution in [0.5, 0.6) is 11.5 Å². The first-order valence-electron chi connectivity index (χ1n) is 7.21. The summed E-state index contributed by atoms with van der Waals surface area (Å²) >= 11 is 0. The van der Waals surface area contributed by atoms with Crippen LogP contribution in [0.25, 0.3) is 0 Å². The highest BCUT2D eigenvalue weighted by molar-refractivity contribution is 5.43. The van der Waals surface area contributed by atoms with Crippen molar-refractivity contribution in [2.45, 2.75) is 19.4 Å². The van der Waals surface area contributed by atoms with Crippen molar-refractivity contribution in [2.75, 3.05) is 20.8 Å². The molecule has 0 aliphatic carbocycles. The van der Waals surface area contributed by atoms with Gasteiger partial charge in [-0.15, -0.1) is 0 Å². The van der Waals surface area contributed by atoms with E-state index in [1.165, 1.54) is 11.1 Å². The van der Waals surface area contributed by atoms with E-state index >= 15 is 0 Å². The second-order valence-electron chi connectivity index (χ2n) is 5.13. The maximum Gasteiger partial charge on any atom is 0.160 e. The van der Waals surface area contributed by atoms with Crippen LogP contribution in [0, 0.1) is 0 Å². The lowest BCUT2D eigenvalue weighted by Gasteiger charge is -2.15. The van der Waals surface area contributed by atoms with Crippen molar-refractivity contribution in [3.05, 3.63) is 59.7 Å². The van der Waals surface area contributed by atoms with E-state index in [0.717, 1.165) is 24.6 Å². The van der Waals surface area contributed by atoms with E-state index in [2.05, 4.69) is 42.6 Å². The van der Waals surface area contributed by atoms with Gasteiger partial charge in [-0.2, -0.15) is 0 Å². The van der Waals surface area contributed by atoms with Gasteiger partial charge in [0.1, 0.15) is 0 Å². The van der Waals surface area contributed by atoms with E-state index < -0.39 is 0 Å². The Kier molecular flexibility index (Phi) is 5.64. The van der Waals surface area contributed by atoms with Crippen LogP contribution in [0.15, 0.2) is 48.5 Å². The highest BCUT2D eigenvalue weighted by Gasteiger charge is 2.10. The number of hydrogen-bond donors (Lipinski definition) is 1. The molecule has 21 heavy (non-hydrogen) atoms. The van der Waals surface area contributed by atoms with Gasteiger partial charge in [-0.3, -0.25) is 0 Å². The molecule has 0 radical (unpaired) electrons. The standard InChI is InChI=1S/C18H23NO2/c1-14(12-19-13-15-7-5-4-6-8-15)16-9-10-17(20-2)18(11-16)21-3/h4-11,14,19H,12-13H2,1-3H3. The molecule has 1 N–H and O–H groups in total. The Labute approximate surface area is 126 Å². The summed E-state index contributed by atoms with van der Waals surface area (Å²) in [6.45, 7) is 4.02. The van der Waals surface area contributed by atoms with Crippen molar-refractivity contribution < 1.29 is 9.47 Å². The number of methoxy groups -OCH3 is 2. The molecule has 0 amide bonds. The van der Waals surface area contributed by atoms with Crippen LogP contribution < -0.4 is 14.8 Å². The minimum atomic E-state index is 0.411. The molecule has 0 bridgehead atoms. The lowest BCUT2D eigenvalue weighted by molar-refractivity contribution is 0.354. The van der Waals surface area contributed by atoms with Crippen molar-refractivity contribution in [2.24, 2.45) is 0 Å². The first kappa shape index (κ1) is 15.4. The number of hydrogen-bond acceptors (Lipinski definition) is 3. The summed E-state index contributed by atoms with van der Waals surface area (Å²) < 4.78 is 10.6. The van der Waals surface area contributed by atoms with Crippen LogP contribution in [0.2, 0.25) is 0 Å². The minimum absolute atomic E-state index is 0.411. The van der Waals surface area contributed by atoms with E-state index in [-0.39, 0.29) is 0 Å². The van der Waals surface area contributed by atoms with Gasteiger partial charge in [0.15, 0.2) is 11.5 Å². The predicted molar refractivity (Wildman–Crippen MR) is 86.1 cm³/mol. The Morgan fingerprint density at radius 2 is 1.67 bits per heavy atom. The molecule has 3 heteroatoms. The van der Waals surface area contributed by atoms with E-state index in [1.54, 1.807) is 14.2 Å². The third-order valence-corrected chi connectivity index (χ3v) is 3.60. The highest BCUT2D eigenvalue weighted by Crippen LogP contribution is 2.30. The molecule has 0 saturated heterocycles. The van der Waals surface area contributed by atoms with Gasteiger partial charge >= 0.3 is 0 Å². The number of nitrogens with one attached hydrogen (secondary N) is 1. The zero-order chi connectivity index (χ0) is 15.1. The van der Waals surface area contributed by atoms with E-state index in [0.29, 0.717) is 5.92 Å². The second-order valence-corrected chi connectivity index (χ2v) is 5.13. The average Bonchev–Trinajstić information content (AvgIpc) is 2.55. The third-order valence-electron chi connectivity index (χ3n) is 3.60. The van der Waals surface area contributed by atoms with Gasteiger partial charge in [0, 0.05) is 13.1 Å². The van der Waals surface area contributed by atoms with Gasteiger partial charge in [-0.05, 0) is 29.2 Å². The Balaban J connectivity index is 1.92. The molecule has 2 aromatic carbocycles. The highest BCUT2D eigenvalue weighted by atomic mass is 16.5. The van der Waals surface area contributed by atoms with Crippen LogP contribution in [0.3, 0.4) is 0 Å². The molecule has 2 aromatic rings. The number of rotatable bonds is 7. The second kappa shape index (κ2) is 7.70. The summed E-state index contributed by atoms with van der Waals surface area (Å²) in [6.07, 6.45) is 0. The van der Waals surface area contributed by atoms with Crippen LogP contribution in [0.1, 0.15) is 24.0 Å². The predicted octanol–water partition coefficient (Wildman–Crippen LogP) is 3.60. The molecule has 0 saturated carbocycles. The normalized spacial score (nSPS) is 12.0. The molecular formula is C18H23NO2. The van der Waals surface area contributed by atoms with Gasteiger partial charge in [0.05, 0.1) is 14.2 Å². The zero-order valence-corrected chi connectivity index (χ0v) is 12.9. The van der Waals surface area contributed by atoms with Gasteiger partial charge in [0.25, 0.3) is 0 Å². The maximum absolute atomic E-state index is 5.36. The fourth-order valence-electron chi connectivity index (χ4n) is 2.31. The molecule has 1 atom stereocenters. The molecule has 112 valence electrons. The number of ether oxygens (including phenoxy) is 2. The molecule has 1 unspecified atom stereocenters. The molecule has 0 aliphatic rings. The fourth-order valence-corrected chi connectivity index (χ4v) is 2.31. The van der Waals surface area contributed by atoms with Crippen molar-refractivity contribution >= 4 is 0 Å². The van der Waals surface area contributed by atoms with Crippen LogP contribution in [-0.2, 0) is 6.54 Å². The maximum atomic E-state index is 5.36. The van der Waals surface area contributed by atoms with Gasteiger partial charge < -0.3 is 14.8 Å². The lowest BCUT2D eigenvalue weighted by Crippen LogP contribution is -2.19. The number of benzene rings is 2. The van der Waals surface area contributed by atoms with E-state index in [4.69, 9.17) is 9.47 Å². The largest absolute Gasteiger partial charge is 0.493 e. The smallest absolute Gasteiger partial charge is 0.160 e. The SMILES string of the molecule is COc1ccc(C(C)CNCc2ccccc2)cc1OC. The molecule has 2 rings (SSSR count). The summed E-state index contributed by atoms with van der Waals surface area (Å²) in [7, 11) is 3.32. The van der Waals surface area contributed by atoms with Crippen molar-refractivity contribution in [1.82, 2.24) is 5.32 Å². The summed E-state index contributed by atoms with van der Waals surface area (Å²) in [5, 5.41) is 3.49. The quantitative estimate of drug-likeness (QED) is 0.843. The zero-order valence-electron chi connectivity index (χ0n) is 12.9. The molecular weight excluding hydrogens is 262 g/mol. The van der Waals surface area contributed by atoms with E-state index in [9.17, 15) is 0 Å². The van der Waals surface area contributed by atoms with Crippen molar-refractivity contribution in [3.63, 3.8) is 0 Å². The molecule has 0 heterocycles. The Morgan fingerprint density at radius 3 is 2.33 bits per heavy atom. The molecule has 0 fully saturated rings. The van der Waals surface area contributed by atoms with Gasteiger partial charge in [0.2, 0.25) is 0 Å². The fraction of sp³-hybridized carbons (Fsp3) is 0.333. The van der Waals surface area contributed by atoms with Gasteiger partial charge in [-0.1, -0.05) is 43.3 Å². The monoisotopic (exact) mass is 285 g/mol. The van der Waals surface area contributed by atoms with Crippen LogP contribution in [0.4, 0.5) is 0 Å². The van der Waals surface area contributed by atoms with Gasteiger partial charge in [-0.25, -0.2) is 0 Å². The van der Waals surface area contributed by atoms with E-state index in [1.807, 2.05) is 18.2 Å². The first-order valence-corrected chi connectivity index (χ1v) is 7.21. The minimum Gasteiger partial charge on any atom is -0.493 e. The topological polar surface area (TPSA) is 30.5 Å². The van der Waals surface area contributed by atoms with Crippen LogP contribution in [-0.4, -0.2) is 20.8 Å².